The van der Waals surface area contributed by atoms with E-state index in [4.69, 9.17) is 4.74 Å². The number of Topliss-reactive ketones (excluding diaryl/α,β-unsaturated/α-hetero) is 1. The summed E-state index contributed by atoms with van der Waals surface area (Å²) in [5.74, 6) is 0.372. The summed E-state index contributed by atoms with van der Waals surface area (Å²) < 4.78 is 5.13. The van der Waals surface area contributed by atoms with E-state index < -0.39 is 0 Å². The Kier molecular flexibility index (Phi) is 6.32. The minimum Gasteiger partial charge on any atom is -0.504 e. The van der Waals surface area contributed by atoms with Gasteiger partial charge in [0.1, 0.15) is 0 Å². The Bertz CT molecular complexity index is 824. The van der Waals surface area contributed by atoms with E-state index in [1.54, 1.807) is 6.07 Å². The highest BCUT2D eigenvalue weighted by Gasteiger charge is 2.26. The normalized spacial score (nSPS) is 14.1. The third-order valence-electron chi connectivity index (χ3n) is 4.68. The van der Waals surface area contributed by atoms with Crippen LogP contribution in [0.1, 0.15) is 35.3 Å². The molecule has 1 N–H and O–H groups in total. The van der Waals surface area contributed by atoms with Gasteiger partial charge in [0.05, 0.1) is 7.11 Å². The van der Waals surface area contributed by atoms with Gasteiger partial charge in [-0.2, -0.15) is 0 Å². The lowest BCUT2D eigenvalue weighted by Crippen LogP contribution is -2.21. The van der Waals surface area contributed by atoms with Gasteiger partial charge in [0.2, 0.25) is 0 Å². The van der Waals surface area contributed by atoms with E-state index in [0.29, 0.717) is 17.7 Å². The molecule has 0 bridgehead atoms. The summed E-state index contributed by atoms with van der Waals surface area (Å²) >= 11 is 0. The van der Waals surface area contributed by atoms with Crippen molar-refractivity contribution >= 4 is 30.0 Å². The summed E-state index contributed by atoms with van der Waals surface area (Å²) in [6.45, 7) is 6.21. The summed E-state index contributed by atoms with van der Waals surface area (Å²) in [5.41, 5.74) is 4.37. The van der Waals surface area contributed by atoms with E-state index in [-0.39, 0.29) is 23.9 Å². The van der Waals surface area contributed by atoms with E-state index in [2.05, 4.69) is 30.9 Å². The van der Waals surface area contributed by atoms with Crippen LogP contribution in [0.25, 0.3) is 6.08 Å². The number of methoxy groups -OCH3 is 1. The molecule has 0 atom stereocenters. The molecule has 0 heterocycles. The topological polar surface area (TPSA) is 49.8 Å². The molecular formula is C21H24ClNO3. The van der Waals surface area contributed by atoms with E-state index in [1.807, 2.05) is 18.2 Å². The number of carbonyl (C=O) groups is 1. The summed E-state index contributed by atoms with van der Waals surface area (Å²) in [6, 6.07) is 11.5. The number of benzene rings is 2. The third-order valence-corrected chi connectivity index (χ3v) is 4.68. The van der Waals surface area contributed by atoms with Crippen molar-refractivity contribution in [2.75, 3.05) is 25.1 Å². The molecule has 0 spiro atoms. The second kappa shape index (κ2) is 8.28. The van der Waals surface area contributed by atoms with Crippen molar-refractivity contribution in [3.63, 3.8) is 0 Å². The molecule has 0 saturated heterocycles. The van der Waals surface area contributed by atoms with Crippen molar-refractivity contribution in [1.82, 2.24) is 0 Å². The van der Waals surface area contributed by atoms with Gasteiger partial charge in [-0.05, 0) is 55.3 Å². The average Bonchev–Trinajstić information content (AvgIpc) is 2.92. The van der Waals surface area contributed by atoms with Crippen LogP contribution in [0, 0.1) is 0 Å². The van der Waals surface area contributed by atoms with E-state index in [9.17, 15) is 9.90 Å². The number of fused-ring (bicyclic) bond motifs is 1. The fourth-order valence-electron chi connectivity index (χ4n) is 3.28. The third kappa shape index (κ3) is 3.70. The maximum Gasteiger partial charge on any atom is 0.189 e. The number of ether oxygens (including phenoxy) is 1. The van der Waals surface area contributed by atoms with E-state index in [1.165, 1.54) is 18.9 Å². The second-order valence-electron chi connectivity index (χ2n) is 6.12. The fourth-order valence-corrected chi connectivity index (χ4v) is 3.28. The van der Waals surface area contributed by atoms with Gasteiger partial charge >= 0.3 is 0 Å². The highest BCUT2D eigenvalue weighted by atomic mass is 35.5. The van der Waals surface area contributed by atoms with E-state index in [0.717, 1.165) is 29.8 Å². The molecule has 138 valence electrons. The number of halogens is 1. The Hall–Kier alpha value is -2.46. The number of hydrogen-bond donors (Lipinski definition) is 1. The highest BCUT2D eigenvalue weighted by Crippen LogP contribution is 2.36. The molecule has 0 unspecified atom stereocenters. The molecule has 1 aliphatic rings. The molecule has 0 fully saturated rings. The molecule has 3 rings (SSSR count). The maximum absolute atomic E-state index is 12.6. The standard InChI is InChI=1S/C21H23NO3.ClH/c1-4-22(5-2)17-8-6-14(7-9-17)10-16-11-15-12-20(25-3)19(23)13-18(15)21(16)24;/h6-10,12-13,23H,4-5,11H2,1-3H3;1H/b16-10+;. The number of ketones is 1. The number of rotatable bonds is 5. The number of anilines is 1. The number of phenolic OH excluding ortho intramolecular Hbond substituents is 1. The number of aromatic hydroxyl groups is 1. The van der Waals surface area contributed by atoms with Gasteiger partial charge in [0, 0.05) is 36.3 Å². The lowest BCUT2D eigenvalue weighted by atomic mass is 10.1. The molecule has 0 aromatic heterocycles. The zero-order valence-corrected chi connectivity index (χ0v) is 16.1. The predicted octanol–water partition coefficient (Wildman–Crippen LogP) is 4.49. The molecule has 2 aromatic carbocycles. The van der Waals surface area contributed by atoms with E-state index >= 15 is 0 Å². The fraction of sp³-hybridized carbons (Fsp3) is 0.286. The van der Waals surface area contributed by atoms with Crippen molar-refractivity contribution in [2.24, 2.45) is 0 Å². The number of nitrogens with zero attached hydrogens (tertiary/aromatic N) is 1. The first-order chi connectivity index (χ1) is 12.1. The van der Waals surface area contributed by atoms with Crippen molar-refractivity contribution in [2.45, 2.75) is 20.3 Å². The number of hydrogen-bond acceptors (Lipinski definition) is 4. The van der Waals surface area contributed by atoms with Gasteiger partial charge in [-0.25, -0.2) is 0 Å². The average molecular weight is 374 g/mol. The molecule has 0 aliphatic heterocycles. The number of phenols is 1. The number of carbonyl (C=O) groups excluding carboxylic acids is 1. The van der Waals surface area contributed by atoms with Crippen molar-refractivity contribution in [3.8, 4) is 11.5 Å². The molecule has 0 saturated carbocycles. The van der Waals surface area contributed by atoms with Crippen LogP contribution < -0.4 is 9.64 Å². The summed E-state index contributed by atoms with van der Waals surface area (Å²) in [6.07, 6.45) is 2.49. The quantitative estimate of drug-likeness (QED) is 0.784. The Labute approximate surface area is 160 Å². The molecule has 4 nitrogen and oxygen atoms in total. The summed E-state index contributed by atoms with van der Waals surface area (Å²) in [5, 5.41) is 9.90. The first kappa shape index (κ1) is 19.9. The van der Waals surface area contributed by atoms with Crippen LogP contribution in [0.15, 0.2) is 42.0 Å². The van der Waals surface area contributed by atoms with Gasteiger partial charge < -0.3 is 14.7 Å². The SMILES string of the molecule is CCN(CC)c1ccc(/C=C2\Cc3cc(OC)c(O)cc3C2=O)cc1.Cl. The minimum atomic E-state index is -0.0271. The van der Waals surface area contributed by atoms with Crippen molar-refractivity contribution in [3.05, 3.63) is 58.7 Å². The Morgan fingerprint density at radius 3 is 2.38 bits per heavy atom. The second-order valence-corrected chi connectivity index (χ2v) is 6.12. The van der Waals surface area contributed by atoms with Gasteiger partial charge in [-0.15, -0.1) is 12.4 Å². The molecular weight excluding hydrogens is 350 g/mol. The van der Waals surface area contributed by atoms with Gasteiger partial charge in [-0.1, -0.05) is 12.1 Å². The van der Waals surface area contributed by atoms with Crippen LogP contribution in [0.5, 0.6) is 11.5 Å². The van der Waals surface area contributed by atoms with Crippen LogP contribution in [0.3, 0.4) is 0 Å². The lowest BCUT2D eigenvalue weighted by molar-refractivity contribution is 0.104. The Morgan fingerprint density at radius 1 is 1.15 bits per heavy atom. The molecule has 1 aliphatic carbocycles. The van der Waals surface area contributed by atoms with Crippen LogP contribution in [-0.2, 0) is 6.42 Å². The van der Waals surface area contributed by atoms with Gasteiger partial charge in [0.15, 0.2) is 17.3 Å². The lowest BCUT2D eigenvalue weighted by Gasteiger charge is -2.20. The predicted molar refractivity (Wildman–Crippen MR) is 108 cm³/mol. The smallest absolute Gasteiger partial charge is 0.189 e. The Morgan fingerprint density at radius 2 is 1.81 bits per heavy atom. The van der Waals surface area contributed by atoms with Crippen molar-refractivity contribution < 1.29 is 14.6 Å². The zero-order valence-electron chi connectivity index (χ0n) is 15.3. The van der Waals surface area contributed by atoms with Gasteiger partial charge in [-0.3, -0.25) is 4.79 Å². The number of allylic oxidation sites excluding steroid dienone is 1. The monoisotopic (exact) mass is 373 g/mol. The molecule has 2 aromatic rings. The summed E-state index contributed by atoms with van der Waals surface area (Å²) in [7, 11) is 1.51. The molecule has 26 heavy (non-hydrogen) atoms. The van der Waals surface area contributed by atoms with Crippen LogP contribution >= 0.6 is 12.4 Å². The van der Waals surface area contributed by atoms with Crippen molar-refractivity contribution in [1.29, 1.82) is 0 Å². The minimum absolute atomic E-state index is 0. The molecule has 0 radical (unpaired) electrons. The Balaban J connectivity index is 0.00000243. The van der Waals surface area contributed by atoms with Gasteiger partial charge in [0.25, 0.3) is 0 Å². The summed E-state index contributed by atoms with van der Waals surface area (Å²) in [4.78, 5) is 14.9. The molecule has 5 heteroatoms. The maximum atomic E-state index is 12.6. The highest BCUT2D eigenvalue weighted by molar-refractivity contribution is 6.15. The molecule has 0 amide bonds. The van der Waals surface area contributed by atoms with Crippen LogP contribution in [-0.4, -0.2) is 31.1 Å². The first-order valence-corrected chi connectivity index (χ1v) is 8.57. The van der Waals surface area contributed by atoms with Crippen LogP contribution in [0.2, 0.25) is 0 Å². The zero-order chi connectivity index (χ0) is 18.0. The first-order valence-electron chi connectivity index (χ1n) is 8.57. The van der Waals surface area contributed by atoms with Crippen LogP contribution in [0.4, 0.5) is 5.69 Å². The largest absolute Gasteiger partial charge is 0.504 e.